The highest BCUT2D eigenvalue weighted by molar-refractivity contribution is 6.66. The van der Waals surface area contributed by atoms with Crippen LogP contribution in [0.15, 0.2) is 82.2 Å². The summed E-state index contributed by atoms with van der Waals surface area (Å²) >= 11 is 0. The summed E-state index contributed by atoms with van der Waals surface area (Å²) in [5, 5.41) is 6.47. The molecule has 0 aliphatic heterocycles. The number of amides is 2. The number of para-hydroxylation sites is 1. The lowest BCUT2D eigenvalue weighted by Crippen LogP contribution is -2.40. The first kappa shape index (κ1) is 25.6. The fourth-order valence-electron chi connectivity index (χ4n) is 3.51. The number of nitrogens with one attached hydrogen (secondary N) is 2. The number of hydrogen-bond acceptors (Lipinski definition) is 5. The van der Waals surface area contributed by atoms with Crippen LogP contribution in [0.1, 0.15) is 18.2 Å². The van der Waals surface area contributed by atoms with E-state index in [-0.39, 0.29) is 36.1 Å². The van der Waals surface area contributed by atoms with E-state index < -0.39 is 5.91 Å². The van der Waals surface area contributed by atoms with E-state index >= 15 is 0 Å². The van der Waals surface area contributed by atoms with Gasteiger partial charge < -0.3 is 16.4 Å². The molecule has 182 valence electrons. The molecule has 1 aromatic heterocycles. The number of benzene rings is 2. The van der Waals surface area contributed by atoms with Gasteiger partial charge in [-0.05, 0) is 29.7 Å². The van der Waals surface area contributed by atoms with E-state index in [0.29, 0.717) is 27.7 Å². The van der Waals surface area contributed by atoms with Gasteiger partial charge in [0, 0.05) is 37.1 Å². The standard InChI is InChI=1S/C27H26N6O3/c1-4-30-24(25(28)29-3)26(35)32-17-22-16-20-11-8-10-19(12-9-15-31-18(2)34)23(20)27(36)33(22)21-13-6-5-7-14-21/h4-8,10-11,13-14,16H,1,15,17H2,2-3H3,(H2,28,29)(H,31,34)(H,32,35). The number of carbonyl (C=O) groups excluding carboxylic acids is 2. The average Bonchev–Trinajstić information content (AvgIpc) is 2.88. The maximum absolute atomic E-state index is 13.8. The predicted octanol–water partition coefficient (Wildman–Crippen LogP) is 1.67. The van der Waals surface area contributed by atoms with Crippen LogP contribution >= 0.6 is 0 Å². The van der Waals surface area contributed by atoms with Crippen molar-refractivity contribution in [2.75, 3.05) is 13.6 Å². The van der Waals surface area contributed by atoms with Gasteiger partial charge in [0.05, 0.1) is 18.5 Å². The lowest BCUT2D eigenvalue weighted by atomic mass is 10.0. The van der Waals surface area contributed by atoms with Crippen molar-refractivity contribution in [3.63, 3.8) is 0 Å². The fourth-order valence-corrected chi connectivity index (χ4v) is 3.51. The minimum absolute atomic E-state index is 0.0184. The number of nitrogens with two attached hydrogens (primary N) is 1. The normalized spacial score (nSPS) is 11.4. The Morgan fingerprint density at radius 1 is 1.14 bits per heavy atom. The molecule has 1 heterocycles. The van der Waals surface area contributed by atoms with Crippen molar-refractivity contribution in [1.82, 2.24) is 15.2 Å². The molecule has 0 radical (unpaired) electrons. The molecule has 4 N–H and O–H groups in total. The Kier molecular flexibility index (Phi) is 8.51. The maximum Gasteiger partial charge on any atom is 0.274 e. The minimum Gasteiger partial charge on any atom is -0.382 e. The first-order chi connectivity index (χ1) is 17.4. The third kappa shape index (κ3) is 5.93. The first-order valence-electron chi connectivity index (χ1n) is 11.0. The maximum atomic E-state index is 13.8. The van der Waals surface area contributed by atoms with Gasteiger partial charge in [-0.2, -0.15) is 0 Å². The van der Waals surface area contributed by atoms with E-state index in [1.807, 2.05) is 30.3 Å². The second-order valence-electron chi connectivity index (χ2n) is 7.54. The van der Waals surface area contributed by atoms with Gasteiger partial charge in [0.1, 0.15) is 5.84 Å². The van der Waals surface area contributed by atoms with E-state index in [0.717, 1.165) is 0 Å². The second-order valence-corrected chi connectivity index (χ2v) is 7.54. The van der Waals surface area contributed by atoms with Crippen LogP contribution in [0.4, 0.5) is 0 Å². The zero-order chi connectivity index (χ0) is 26.1. The zero-order valence-corrected chi connectivity index (χ0v) is 20.0. The molecule has 0 unspecified atom stereocenters. The van der Waals surface area contributed by atoms with Crippen LogP contribution in [-0.2, 0) is 16.1 Å². The third-order valence-corrected chi connectivity index (χ3v) is 5.14. The van der Waals surface area contributed by atoms with Crippen LogP contribution in [-0.4, -0.2) is 41.5 Å². The molecule has 36 heavy (non-hydrogen) atoms. The van der Waals surface area contributed by atoms with Crippen molar-refractivity contribution in [3.05, 3.63) is 89.0 Å². The van der Waals surface area contributed by atoms with Crippen molar-refractivity contribution < 1.29 is 9.59 Å². The Hall–Kier alpha value is -4.97. The van der Waals surface area contributed by atoms with Crippen LogP contribution in [0.25, 0.3) is 16.5 Å². The number of carbonyl (C=O) groups is 2. The number of pyridine rings is 1. The molecule has 9 nitrogen and oxygen atoms in total. The van der Waals surface area contributed by atoms with E-state index in [1.54, 1.807) is 24.3 Å². The molecule has 3 rings (SSSR count). The lowest BCUT2D eigenvalue weighted by Gasteiger charge is -2.16. The quantitative estimate of drug-likeness (QED) is 0.269. The molecule has 2 aromatic carbocycles. The highest BCUT2D eigenvalue weighted by Crippen LogP contribution is 2.19. The highest BCUT2D eigenvalue weighted by atomic mass is 16.2. The number of amidine groups is 1. The molecule has 0 aliphatic carbocycles. The lowest BCUT2D eigenvalue weighted by molar-refractivity contribution is -0.118. The van der Waals surface area contributed by atoms with Crippen LogP contribution < -0.4 is 21.9 Å². The largest absolute Gasteiger partial charge is 0.382 e. The molecule has 0 atom stereocenters. The summed E-state index contributed by atoms with van der Waals surface area (Å²) in [5.41, 5.74) is 7.14. The molecule has 0 fully saturated rings. The van der Waals surface area contributed by atoms with Crippen molar-refractivity contribution in [2.24, 2.45) is 15.7 Å². The van der Waals surface area contributed by atoms with Crippen LogP contribution in [0.5, 0.6) is 0 Å². The van der Waals surface area contributed by atoms with Gasteiger partial charge in [-0.1, -0.05) is 48.8 Å². The van der Waals surface area contributed by atoms with Gasteiger partial charge in [-0.3, -0.25) is 23.9 Å². The summed E-state index contributed by atoms with van der Waals surface area (Å²) in [7, 11) is 1.45. The van der Waals surface area contributed by atoms with Crippen LogP contribution in [0.3, 0.4) is 0 Å². The molecular formula is C27H26N6O3. The van der Waals surface area contributed by atoms with Crippen LogP contribution in [0.2, 0.25) is 0 Å². The molecule has 0 spiro atoms. The Balaban J connectivity index is 2.11. The Morgan fingerprint density at radius 3 is 2.56 bits per heavy atom. The summed E-state index contributed by atoms with van der Waals surface area (Å²) in [4.78, 5) is 45.4. The summed E-state index contributed by atoms with van der Waals surface area (Å²) in [5.74, 6) is 5.08. The first-order valence-corrected chi connectivity index (χ1v) is 11.0. The predicted molar refractivity (Wildman–Crippen MR) is 142 cm³/mol. The number of fused-ring (bicyclic) bond motifs is 1. The van der Waals surface area contributed by atoms with E-state index in [4.69, 9.17) is 5.73 Å². The monoisotopic (exact) mass is 482 g/mol. The number of aromatic nitrogens is 1. The molecule has 0 aliphatic rings. The Labute approximate surface area is 208 Å². The average molecular weight is 483 g/mol. The highest BCUT2D eigenvalue weighted by Gasteiger charge is 2.18. The summed E-state index contributed by atoms with van der Waals surface area (Å²) in [6, 6.07) is 16.3. The summed E-state index contributed by atoms with van der Waals surface area (Å²) in [6.07, 6.45) is 1.21. The molecule has 3 aromatic rings. The van der Waals surface area contributed by atoms with Gasteiger partial charge in [0.2, 0.25) is 5.91 Å². The molecule has 0 saturated heterocycles. The number of nitrogens with zero attached hydrogens (tertiary/aromatic N) is 3. The molecule has 2 amide bonds. The van der Waals surface area contributed by atoms with Gasteiger partial charge >= 0.3 is 0 Å². The van der Waals surface area contributed by atoms with Crippen molar-refractivity contribution >= 4 is 34.1 Å². The fraction of sp³-hybridized carbons (Fsp3) is 0.148. The van der Waals surface area contributed by atoms with Gasteiger partial charge in [-0.15, -0.1) is 0 Å². The zero-order valence-electron chi connectivity index (χ0n) is 20.0. The Morgan fingerprint density at radius 2 is 1.89 bits per heavy atom. The SMILES string of the molecule is C=CN=C(C(=O)NCc1cc2cccc(C#CCNC(C)=O)c2c(=O)n1-c1ccccc1)C(N)=NC. The number of rotatable bonds is 7. The second kappa shape index (κ2) is 11.9. The molecule has 0 bridgehead atoms. The van der Waals surface area contributed by atoms with Crippen molar-refractivity contribution in [2.45, 2.75) is 13.5 Å². The topological polar surface area (TPSA) is 131 Å². The third-order valence-electron chi connectivity index (χ3n) is 5.14. The smallest absolute Gasteiger partial charge is 0.274 e. The van der Waals surface area contributed by atoms with Gasteiger partial charge in [-0.25, -0.2) is 4.99 Å². The van der Waals surface area contributed by atoms with Gasteiger partial charge in [0.15, 0.2) is 5.71 Å². The minimum atomic E-state index is -0.553. The molecule has 9 heteroatoms. The van der Waals surface area contributed by atoms with Crippen molar-refractivity contribution in [3.8, 4) is 17.5 Å². The van der Waals surface area contributed by atoms with Crippen molar-refractivity contribution in [1.29, 1.82) is 0 Å². The summed E-state index contributed by atoms with van der Waals surface area (Å²) in [6.45, 7) is 5.10. The number of aliphatic imine (C=N–C) groups is 2. The van der Waals surface area contributed by atoms with E-state index in [2.05, 4.69) is 39.0 Å². The molecule has 0 saturated carbocycles. The van der Waals surface area contributed by atoms with E-state index in [9.17, 15) is 14.4 Å². The molecular weight excluding hydrogens is 456 g/mol. The summed E-state index contributed by atoms with van der Waals surface area (Å²) < 4.78 is 1.53. The van der Waals surface area contributed by atoms with Gasteiger partial charge in [0.25, 0.3) is 11.5 Å². The Bertz CT molecular complexity index is 1490. The number of hydrogen-bond donors (Lipinski definition) is 3. The van der Waals surface area contributed by atoms with E-state index in [1.165, 1.54) is 24.7 Å². The van der Waals surface area contributed by atoms with Crippen LogP contribution in [0, 0.1) is 11.8 Å².